The Bertz CT molecular complexity index is 1190. The highest BCUT2D eigenvalue weighted by atomic mass is 32.2. The number of nitrogens with zero attached hydrogens (tertiary/aromatic N) is 3. The summed E-state index contributed by atoms with van der Waals surface area (Å²) in [5.41, 5.74) is -0.308. The molecule has 1 atom stereocenters. The van der Waals surface area contributed by atoms with Gasteiger partial charge < -0.3 is 4.74 Å². The summed E-state index contributed by atoms with van der Waals surface area (Å²) in [5.74, 6) is -0.677. The molecule has 8 heteroatoms. The number of rotatable bonds is 6. The number of ketones is 1. The van der Waals surface area contributed by atoms with Gasteiger partial charge in [-0.2, -0.15) is 10.5 Å². The highest BCUT2D eigenvalue weighted by molar-refractivity contribution is 7.93. The van der Waals surface area contributed by atoms with Crippen LogP contribution in [0.4, 0.5) is 4.39 Å². The fourth-order valence-corrected chi connectivity index (χ4v) is 3.58. The molecule has 3 rings (SSSR count). The van der Waals surface area contributed by atoms with Crippen LogP contribution < -0.4 is 4.74 Å². The quantitative estimate of drug-likeness (QED) is 0.522. The molecule has 6 nitrogen and oxygen atoms in total. The molecule has 2 aromatic carbocycles. The van der Waals surface area contributed by atoms with Crippen molar-refractivity contribution in [1.29, 1.82) is 10.5 Å². The second-order valence-electron chi connectivity index (χ2n) is 6.50. The van der Waals surface area contributed by atoms with Crippen molar-refractivity contribution in [3.05, 3.63) is 65.6 Å². The van der Waals surface area contributed by atoms with Gasteiger partial charge in [-0.3, -0.25) is 4.79 Å². The zero-order chi connectivity index (χ0) is 21.0. The number of benzene rings is 2. The van der Waals surface area contributed by atoms with Gasteiger partial charge in [-0.15, -0.1) is 0 Å². The molecule has 0 aromatic heterocycles. The molecule has 0 saturated heterocycles. The van der Waals surface area contributed by atoms with Crippen molar-refractivity contribution >= 4 is 15.5 Å². The molecule has 0 heterocycles. The molecule has 1 fully saturated rings. The Morgan fingerprint density at radius 3 is 2.52 bits per heavy atom. The Hall–Kier alpha value is -3.49. The molecule has 1 unspecified atom stereocenters. The van der Waals surface area contributed by atoms with Gasteiger partial charge in [0.05, 0.1) is 15.9 Å². The summed E-state index contributed by atoms with van der Waals surface area (Å²) in [6.45, 7) is 0. The van der Waals surface area contributed by atoms with E-state index in [0.29, 0.717) is 10.6 Å². The van der Waals surface area contributed by atoms with Crippen LogP contribution in [0.3, 0.4) is 0 Å². The highest BCUT2D eigenvalue weighted by Crippen LogP contribution is 2.32. The van der Waals surface area contributed by atoms with Crippen LogP contribution >= 0.6 is 0 Å². The molecule has 0 aliphatic heterocycles. The van der Waals surface area contributed by atoms with E-state index in [1.54, 1.807) is 6.07 Å². The zero-order valence-corrected chi connectivity index (χ0v) is 16.3. The van der Waals surface area contributed by atoms with Crippen LogP contribution in [0.25, 0.3) is 0 Å². The van der Waals surface area contributed by atoms with Gasteiger partial charge in [-0.05, 0) is 49.2 Å². The molecule has 0 radical (unpaired) electrons. The summed E-state index contributed by atoms with van der Waals surface area (Å²) in [4.78, 5) is 12.3. The van der Waals surface area contributed by atoms with Gasteiger partial charge in [0.2, 0.25) is 0 Å². The Balaban J connectivity index is 1.83. The van der Waals surface area contributed by atoms with E-state index in [9.17, 15) is 13.4 Å². The van der Waals surface area contributed by atoms with Gasteiger partial charge in [0.15, 0.2) is 5.78 Å². The molecule has 1 saturated carbocycles. The summed E-state index contributed by atoms with van der Waals surface area (Å²) in [5, 5.41) is 18.2. The number of carbonyl (C=O) groups is 1. The predicted molar refractivity (Wildman–Crippen MR) is 104 cm³/mol. The van der Waals surface area contributed by atoms with E-state index in [0.717, 1.165) is 19.0 Å². The molecule has 0 bridgehead atoms. The number of hydrogen-bond acceptors (Lipinski definition) is 6. The Labute approximate surface area is 168 Å². The molecule has 2 aromatic rings. The predicted octanol–water partition coefficient (Wildman–Crippen LogP) is 4.33. The lowest BCUT2D eigenvalue weighted by atomic mass is 10.1. The second kappa shape index (κ2) is 8.26. The van der Waals surface area contributed by atoms with E-state index in [2.05, 4.69) is 4.36 Å². The third kappa shape index (κ3) is 4.68. The average Bonchev–Trinajstić information content (AvgIpc) is 3.54. The van der Waals surface area contributed by atoms with E-state index in [1.165, 1.54) is 48.7 Å². The Morgan fingerprint density at radius 1 is 1.24 bits per heavy atom. The standard InChI is InChI=1S/C21H16FN3O3S/c1-29(27,25-13-15(11-23)21(26)14-5-6-14)17-9-7-16(8-10-17)28-20-4-2-3-19(22)18(20)12-24/h2-4,7-10,13-14H,5-6H2,1H3. The van der Waals surface area contributed by atoms with Crippen molar-refractivity contribution in [2.45, 2.75) is 17.7 Å². The van der Waals surface area contributed by atoms with E-state index in [4.69, 9.17) is 15.3 Å². The third-order valence-corrected chi connectivity index (χ3v) is 5.95. The number of hydrogen-bond donors (Lipinski definition) is 0. The average molecular weight is 409 g/mol. The largest absolute Gasteiger partial charge is 0.456 e. The topological polar surface area (TPSA) is 103 Å². The third-order valence-electron chi connectivity index (χ3n) is 4.29. The number of halogens is 1. The van der Waals surface area contributed by atoms with Gasteiger partial charge in [0.25, 0.3) is 0 Å². The molecule has 0 N–H and O–H groups in total. The first-order valence-electron chi connectivity index (χ1n) is 8.68. The Kier molecular flexibility index (Phi) is 5.76. The van der Waals surface area contributed by atoms with Crippen molar-refractivity contribution in [3.8, 4) is 23.6 Å². The SMILES string of the molecule is CS(=O)(=NC=C(C#N)C(=O)C1CC1)c1ccc(Oc2cccc(F)c2C#N)cc1. The van der Waals surface area contributed by atoms with Crippen LogP contribution in [0.2, 0.25) is 0 Å². The number of Topliss-reactive ketones (excluding diaryl/α,β-unsaturated/α-hetero) is 1. The lowest BCUT2D eigenvalue weighted by Gasteiger charge is -2.09. The summed E-state index contributed by atoms with van der Waals surface area (Å²) in [6.07, 6.45) is 4.01. The van der Waals surface area contributed by atoms with E-state index in [-0.39, 0.29) is 28.6 Å². The van der Waals surface area contributed by atoms with Crippen molar-refractivity contribution < 1.29 is 18.1 Å². The van der Waals surface area contributed by atoms with Crippen LogP contribution in [0.15, 0.2) is 63.5 Å². The Morgan fingerprint density at radius 2 is 1.93 bits per heavy atom. The number of ether oxygens (including phenoxy) is 1. The van der Waals surface area contributed by atoms with Crippen LogP contribution in [0.5, 0.6) is 11.5 Å². The minimum absolute atomic E-state index is 0.0716. The maximum atomic E-state index is 13.7. The minimum Gasteiger partial charge on any atom is -0.456 e. The van der Waals surface area contributed by atoms with Crippen LogP contribution in [-0.2, 0) is 14.5 Å². The molecule has 146 valence electrons. The van der Waals surface area contributed by atoms with Crippen molar-refractivity contribution in [2.75, 3.05) is 6.26 Å². The number of nitriles is 2. The monoisotopic (exact) mass is 409 g/mol. The van der Waals surface area contributed by atoms with Crippen LogP contribution in [0.1, 0.15) is 18.4 Å². The number of carbonyl (C=O) groups excluding carboxylic acids is 1. The van der Waals surface area contributed by atoms with Crippen LogP contribution in [0, 0.1) is 34.4 Å². The van der Waals surface area contributed by atoms with Crippen molar-refractivity contribution in [2.24, 2.45) is 10.3 Å². The lowest BCUT2D eigenvalue weighted by Crippen LogP contribution is -2.03. The molecule has 1 aliphatic carbocycles. The van der Waals surface area contributed by atoms with E-state index < -0.39 is 15.5 Å². The smallest absolute Gasteiger partial charge is 0.178 e. The summed E-state index contributed by atoms with van der Waals surface area (Å²) in [6, 6.07) is 13.7. The normalized spacial score (nSPS) is 15.5. The first kappa shape index (κ1) is 20.2. The molecule has 1 aliphatic rings. The van der Waals surface area contributed by atoms with E-state index in [1.807, 2.05) is 6.07 Å². The van der Waals surface area contributed by atoms with Gasteiger partial charge in [-0.1, -0.05) is 6.07 Å². The number of allylic oxidation sites excluding steroid dienone is 1. The fourth-order valence-electron chi connectivity index (χ4n) is 2.51. The molecule has 0 spiro atoms. The maximum absolute atomic E-state index is 13.7. The minimum atomic E-state index is -2.89. The molecule has 29 heavy (non-hydrogen) atoms. The summed E-state index contributed by atoms with van der Waals surface area (Å²) < 4.78 is 36.0. The molecular weight excluding hydrogens is 393 g/mol. The summed E-state index contributed by atoms with van der Waals surface area (Å²) in [7, 11) is -2.89. The first-order chi connectivity index (χ1) is 13.9. The highest BCUT2D eigenvalue weighted by Gasteiger charge is 2.31. The summed E-state index contributed by atoms with van der Waals surface area (Å²) >= 11 is 0. The molecule has 0 amide bonds. The lowest BCUT2D eigenvalue weighted by molar-refractivity contribution is -0.116. The fraction of sp³-hybridized carbons (Fsp3) is 0.190. The van der Waals surface area contributed by atoms with Gasteiger partial charge >= 0.3 is 0 Å². The first-order valence-corrected chi connectivity index (χ1v) is 10.6. The van der Waals surface area contributed by atoms with Crippen LogP contribution in [-0.4, -0.2) is 16.2 Å². The molecular formula is C21H16FN3O3S. The van der Waals surface area contributed by atoms with Gasteiger partial charge in [0, 0.05) is 17.1 Å². The zero-order valence-electron chi connectivity index (χ0n) is 15.5. The van der Waals surface area contributed by atoms with E-state index >= 15 is 0 Å². The second-order valence-corrected chi connectivity index (χ2v) is 8.79. The van der Waals surface area contributed by atoms with Crippen molar-refractivity contribution in [3.63, 3.8) is 0 Å². The van der Waals surface area contributed by atoms with Crippen molar-refractivity contribution in [1.82, 2.24) is 0 Å². The maximum Gasteiger partial charge on any atom is 0.178 e. The van der Waals surface area contributed by atoms with Gasteiger partial charge in [0.1, 0.15) is 40.6 Å². The van der Waals surface area contributed by atoms with Gasteiger partial charge in [-0.25, -0.2) is 13.0 Å².